The number of tetrazole rings is 1. The minimum atomic E-state index is 0.596. The minimum Gasteiger partial charge on any atom is -0.486 e. The molecule has 7 nitrogen and oxygen atoms in total. The summed E-state index contributed by atoms with van der Waals surface area (Å²) in [6.45, 7) is 4.73. The van der Waals surface area contributed by atoms with Gasteiger partial charge in [-0.1, -0.05) is 18.1 Å². The van der Waals surface area contributed by atoms with Crippen LogP contribution in [0.3, 0.4) is 0 Å². The van der Waals surface area contributed by atoms with Crippen molar-refractivity contribution in [2.45, 2.75) is 26.4 Å². The van der Waals surface area contributed by atoms with Crippen LogP contribution in [0.25, 0.3) is 0 Å². The van der Waals surface area contributed by atoms with Crippen molar-refractivity contribution in [1.29, 1.82) is 0 Å². The van der Waals surface area contributed by atoms with Crippen molar-refractivity contribution >= 4 is 5.95 Å². The van der Waals surface area contributed by atoms with E-state index in [-0.39, 0.29) is 0 Å². The van der Waals surface area contributed by atoms with E-state index in [2.05, 4.69) is 27.8 Å². The van der Waals surface area contributed by atoms with Crippen molar-refractivity contribution in [2.75, 3.05) is 18.5 Å². The van der Waals surface area contributed by atoms with Crippen LogP contribution in [-0.2, 0) is 13.1 Å². The number of hydrogen-bond donors (Lipinski definition) is 1. The molecule has 1 aromatic heterocycles. The van der Waals surface area contributed by atoms with E-state index in [0.717, 1.165) is 30.0 Å². The summed E-state index contributed by atoms with van der Waals surface area (Å²) in [4.78, 5) is 0. The van der Waals surface area contributed by atoms with Crippen molar-refractivity contribution in [2.24, 2.45) is 0 Å². The molecule has 0 aliphatic carbocycles. The average molecular weight is 275 g/mol. The predicted octanol–water partition coefficient (Wildman–Crippen LogP) is 1.47. The average Bonchev–Trinajstić information content (AvgIpc) is 2.93. The Labute approximate surface area is 116 Å². The highest BCUT2D eigenvalue weighted by Gasteiger charge is 2.12. The van der Waals surface area contributed by atoms with E-state index in [1.165, 1.54) is 0 Å². The molecule has 1 aliphatic heterocycles. The summed E-state index contributed by atoms with van der Waals surface area (Å²) in [5.74, 6) is 2.28. The quantitative estimate of drug-likeness (QED) is 0.890. The maximum atomic E-state index is 5.57. The van der Waals surface area contributed by atoms with Gasteiger partial charge in [-0.2, -0.15) is 0 Å². The van der Waals surface area contributed by atoms with Gasteiger partial charge >= 0.3 is 0 Å². The third-order valence-corrected chi connectivity index (χ3v) is 3.02. The Kier molecular flexibility index (Phi) is 3.67. The maximum absolute atomic E-state index is 5.57. The molecule has 20 heavy (non-hydrogen) atoms. The zero-order valence-electron chi connectivity index (χ0n) is 11.4. The second kappa shape index (κ2) is 5.77. The zero-order valence-corrected chi connectivity index (χ0v) is 11.4. The first-order chi connectivity index (χ1) is 9.86. The van der Waals surface area contributed by atoms with E-state index in [1.54, 1.807) is 4.68 Å². The molecular weight excluding hydrogens is 258 g/mol. The van der Waals surface area contributed by atoms with Crippen molar-refractivity contribution in [3.05, 3.63) is 23.8 Å². The number of aryl methyl sites for hydroxylation is 1. The summed E-state index contributed by atoms with van der Waals surface area (Å²) < 4.78 is 12.8. The molecule has 0 radical (unpaired) electrons. The maximum Gasteiger partial charge on any atom is 0.243 e. The van der Waals surface area contributed by atoms with Crippen LogP contribution in [0.4, 0.5) is 5.95 Å². The molecule has 0 fully saturated rings. The van der Waals surface area contributed by atoms with E-state index in [4.69, 9.17) is 9.47 Å². The summed E-state index contributed by atoms with van der Waals surface area (Å²) in [6, 6.07) is 5.92. The molecule has 7 heteroatoms. The smallest absolute Gasteiger partial charge is 0.243 e. The number of nitrogens with one attached hydrogen (secondary N) is 1. The molecule has 0 amide bonds. The van der Waals surface area contributed by atoms with Crippen molar-refractivity contribution in [3.8, 4) is 11.5 Å². The van der Waals surface area contributed by atoms with Gasteiger partial charge in [-0.3, -0.25) is 0 Å². The molecule has 2 heterocycles. The van der Waals surface area contributed by atoms with Crippen molar-refractivity contribution < 1.29 is 9.47 Å². The third kappa shape index (κ3) is 2.66. The van der Waals surface area contributed by atoms with Gasteiger partial charge in [-0.25, -0.2) is 4.68 Å². The Bertz CT molecular complexity index is 584. The topological polar surface area (TPSA) is 74.1 Å². The second-order valence-electron chi connectivity index (χ2n) is 4.56. The van der Waals surface area contributed by atoms with Gasteiger partial charge < -0.3 is 14.8 Å². The van der Waals surface area contributed by atoms with Crippen LogP contribution in [0.2, 0.25) is 0 Å². The van der Waals surface area contributed by atoms with E-state index in [1.807, 2.05) is 18.2 Å². The molecule has 0 bridgehead atoms. The summed E-state index contributed by atoms with van der Waals surface area (Å²) in [5.41, 5.74) is 1.10. The second-order valence-corrected chi connectivity index (χ2v) is 4.56. The number of benzene rings is 1. The first-order valence-corrected chi connectivity index (χ1v) is 6.75. The van der Waals surface area contributed by atoms with Gasteiger partial charge in [0.25, 0.3) is 0 Å². The first-order valence-electron chi connectivity index (χ1n) is 6.75. The molecule has 3 rings (SSSR count). The number of fused-ring (bicyclic) bond motifs is 1. The standard InChI is InChI=1S/C13H17N5O2/c1-2-5-18-13(15-16-17-18)14-9-10-3-4-11-12(8-10)20-7-6-19-11/h3-4,8H,2,5-7,9H2,1H3,(H,14,15,17). The lowest BCUT2D eigenvalue weighted by Gasteiger charge is -2.19. The lowest BCUT2D eigenvalue weighted by Crippen LogP contribution is -2.15. The van der Waals surface area contributed by atoms with Gasteiger partial charge in [0.05, 0.1) is 0 Å². The van der Waals surface area contributed by atoms with E-state index >= 15 is 0 Å². The summed E-state index contributed by atoms with van der Waals surface area (Å²) in [7, 11) is 0. The minimum absolute atomic E-state index is 0.596. The van der Waals surface area contributed by atoms with Gasteiger partial charge in [0.2, 0.25) is 5.95 Å². The highest BCUT2D eigenvalue weighted by molar-refractivity contribution is 5.44. The van der Waals surface area contributed by atoms with Crippen LogP contribution in [-0.4, -0.2) is 33.4 Å². The predicted molar refractivity (Wildman–Crippen MR) is 72.9 cm³/mol. The number of hydrogen-bond acceptors (Lipinski definition) is 6. The number of ether oxygens (including phenoxy) is 2. The SMILES string of the molecule is CCCn1nnnc1NCc1ccc2c(c1)OCCO2. The lowest BCUT2D eigenvalue weighted by molar-refractivity contribution is 0.171. The Balaban J connectivity index is 1.67. The Hall–Kier alpha value is -2.31. The van der Waals surface area contributed by atoms with Crippen molar-refractivity contribution in [3.63, 3.8) is 0 Å². The number of nitrogens with zero attached hydrogens (tertiary/aromatic N) is 4. The van der Waals surface area contributed by atoms with Crippen LogP contribution in [0.5, 0.6) is 11.5 Å². The van der Waals surface area contributed by atoms with Crippen molar-refractivity contribution in [1.82, 2.24) is 20.2 Å². The largest absolute Gasteiger partial charge is 0.486 e. The molecule has 1 aliphatic rings. The van der Waals surface area contributed by atoms with Crippen LogP contribution in [0, 0.1) is 0 Å². The molecule has 2 aromatic rings. The highest BCUT2D eigenvalue weighted by Crippen LogP contribution is 2.30. The summed E-state index contributed by atoms with van der Waals surface area (Å²) in [6.07, 6.45) is 0.990. The molecule has 0 saturated carbocycles. The van der Waals surface area contributed by atoms with Gasteiger partial charge in [0.1, 0.15) is 13.2 Å². The van der Waals surface area contributed by atoms with Crippen LogP contribution < -0.4 is 14.8 Å². The van der Waals surface area contributed by atoms with Gasteiger partial charge in [-0.15, -0.1) is 0 Å². The molecule has 1 N–H and O–H groups in total. The molecule has 1 aromatic carbocycles. The van der Waals surface area contributed by atoms with E-state index in [0.29, 0.717) is 25.7 Å². The fourth-order valence-electron chi connectivity index (χ4n) is 2.07. The molecule has 106 valence electrons. The number of rotatable bonds is 5. The van der Waals surface area contributed by atoms with E-state index in [9.17, 15) is 0 Å². The van der Waals surface area contributed by atoms with Crippen LogP contribution in [0.1, 0.15) is 18.9 Å². The number of aromatic nitrogens is 4. The summed E-state index contributed by atoms with van der Waals surface area (Å²) in [5, 5.41) is 14.8. The number of anilines is 1. The van der Waals surface area contributed by atoms with Gasteiger partial charge in [0, 0.05) is 13.1 Å². The molecule has 0 spiro atoms. The Morgan fingerprint density at radius 1 is 1.25 bits per heavy atom. The Morgan fingerprint density at radius 3 is 2.95 bits per heavy atom. The Morgan fingerprint density at radius 2 is 2.10 bits per heavy atom. The summed E-state index contributed by atoms with van der Waals surface area (Å²) >= 11 is 0. The van der Waals surface area contributed by atoms with Crippen LogP contribution >= 0.6 is 0 Å². The van der Waals surface area contributed by atoms with Crippen LogP contribution in [0.15, 0.2) is 18.2 Å². The molecule has 0 saturated heterocycles. The monoisotopic (exact) mass is 275 g/mol. The zero-order chi connectivity index (χ0) is 13.8. The van der Waals surface area contributed by atoms with E-state index < -0.39 is 0 Å². The normalized spacial score (nSPS) is 13.2. The lowest BCUT2D eigenvalue weighted by atomic mass is 10.2. The highest BCUT2D eigenvalue weighted by atomic mass is 16.6. The third-order valence-electron chi connectivity index (χ3n) is 3.02. The fourth-order valence-corrected chi connectivity index (χ4v) is 2.07. The van der Waals surface area contributed by atoms with Gasteiger partial charge in [0.15, 0.2) is 11.5 Å². The molecular formula is C13H17N5O2. The molecule has 0 unspecified atom stereocenters. The van der Waals surface area contributed by atoms with Gasteiger partial charge in [-0.05, 0) is 34.5 Å². The molecule has 0 atom stereocenters. The fraction of sp³-hybridized carbons (Fsp3) is 0.462. The first kappa shape index (κ1) is 12.7.